The van der Waals surface area contributed by atoms with Crippen LogP contribution in [0.25, 0.3) is 0 Å². The lowest BCUT2D eigenvalue weighted by Gasteiger charge is -2.22. The lowest BCUT2D eigenvalue weighted by atomic mass is 10.3. The monoisotopic (exact) mass is 177 g/mol. The van der Waals surface area contributed by atoms with Gasteiger partial charge in [0.15, 0.2) is 0 Å². The van der Waals surface area contributed by atoms with Crippen molar-refractivity contribution in [1.82, 2.24) is 5.32 Å². The summed E-state index contributed by atoms with van der Waals surface area (Å²) in [5, 5.41) is 3.20. The van der Waals surface area contributed by atoms with E-state index in [1.807, 2.05) is 6.92 Å². The molecule has 0 bridgehead atoms. The van der Waals surface area contributed by atoms with E-state index in [2.05, 4.69) is 5.32 Å². The van der Waals surface area contributed by atoms with Gasteiger partial charge in [0.1, 0.15) is 0 Å². The minimum absolute atomic E-state index is 0.171. The maximum atomic E-state index is 11.1. The van der Waals surface area contributed by atoms with Crippen molar-refractivity contribution in [3.8, 4) is 0 Å². The van der Waals surface area contributed by atoms with Crippen LogP contribution in [0, 0.1) is 0 Å². The maximum absolute atomic E-state index is 11.1. The summed E-state index contributed by atoms with van der Waals surface area (Å²) in [5.74, 6) is 1.42. The van der Waals surface area contributed by atoms with Crippen molar-refractivity contribution < 1.29 is 8.95 Å². The molecule has 0 radical (unpaired) electrons. The van der Waals surface area contributed by atoms with Crippen LogP contribution in [0.2, 0.25) is 0 Å². The molecule has 1 N–H and O–H groups in total. The van der Waals surface area contributed by atoms with E-state index in [1.54, 1.807) is 0 Å². The standard InChI is InChI=1S/C7H15NO2S/c1-2-11(9)6-7-5-8-3-4-10-7/h7-8H,2-6H2,1H3. The summed E-state index contributed by atoms with van der Waals surface area (Å²) in [6.07, 6.45) is 0.171. The fourth-order valence-corrected chi connectivity index (χ4v) is 1.92. The molecule has 2 unspecified atom stereocenters. The van der Waals surface area contributed by atoms with Gasteiger partial charge >= 0.3 is 0 Å². The van der Waals surface area contributed by atoms with E-state index < -0.39 is 10.8 Å². The van der Waals surface area contributed by atoms with E-state index in [-0.39, 0.29) is 6.10 Å². The highest BCUT2D eigenvalue weighted by molar-refractivity contribution is 7.84. The van der Waals surface area contributed by atoms with Crippen LogP contribution in [-0.2, 0) is 15.5 Å². The first kappa shape index (κ1) is 9.16. The predicted molar refractivity (Wildman–Crippen MR) is 46.2 cm³/mol. The van der Waals surface area contributed by atoms with Crippen molar-refractivity contribution in [1.29, 1.82) is 0 Å². The zero-order valence-electron chi connectivity index (χ0n) is 6.84. The fraction of sp³-hybridized carbons (Fsp3) is 1.00. The van der Waals surface area contributed by atoms with Crippen LogP contribution in [-0.4, -0.2) is 41.5 Å². The van der Waals surface area contributed by atoms with Crippen LogP contribution in [0.5, 0.6) is 0 Å². The molecule has 11 heavy (non-hydrogen) atoms. The maximum Gasteiger partial charge on any atom is 0.0815 e. The Morgan fingerprint density at radius 3 is 3.09 bits per heavy atom. The molecule has 1 rings (SSSR count). The minimum atomic E-state index is -0.690. The molecule has 0 aromatic carbocycles. The SMILES string of the molecule is CCS(=O)CC1CNCCO1. The largest absolute Gasteiger partial charge is 0.375 e. The van der Waals surface area contributed by atoms with Gasteiger partial charge in [-0.05, 0) is 0 Å². The molecule has 3 nitrogen and oxygen atoms in total. The second-order valence-electron chi connectivity index (χ2n) is 2.59. The van der Waals surface area contributed by atoms with Crippen LogP contribution >= 0.6 is 0 Å². The zero-order valence-corrected chi connectivity index (χ0v) is 7.65. The molecule has 66 valence electrons. The van der Waals surface area contributed by atoms with Crippen molar-refractivity contribution in [3.05, 3.63) is 0 Å². The molecule has 1 heterocycles. The molecule has 1 aliphatic rings. The predicted octanol–water partition coefficient (Wildman–Crippen LogP) is -0.257. The van der Waals surface area contributed by atoms with Crippen molar-refractivity contribution >= 4 is 10.8 Å². The second-order valence-corrected chi connectivity index (χ2v) is 4.38. The van der Waals surface area contributed by atoms with Gasteiger partial charge in [-0.2, -0.15) is 0 Å². The van der Waals surface area contributed by atoms with Crippen LogP contribution in [0.4, 0.5) is 0 Å². The van der Waals surface area contributed by atoms with Crippen LogP contribution in [0.1, 0.15) is 6.92 Å². The Hall–Kier alpha value is 0.0700. The molecule has 0 aromatic rings. The Morgan fingerprint density at radius 1 is 1.73 bits per heavy atom. The smallest absolute Gasteiger partial charge is 0.0815 e. The van der Waals surface area contributed by atoms with Gasteiger partial charge in [-0.1, -0.05) is 6.92 Å². The van der Waals surface area contributed by atoms with Gasteiger partial charge in [0, 0.05) is 29.6 Å². The van der Waals surface area contributed by atoms with E-state index in [4.69, 9.17) is 4.74 Å². The van der Waals surface area contributed by atoms with Gasteiger partial charge in [0.05, 0.1) is 18.5 Å². The molecule has 0 spiro atoms. The lowest BCUT2D eigenvalue weighted by molar-refractivity contribution is 0.0435. The molecular weight excluding hydrogens is 162 g/mol. The molecular formula is C7H15NO2S. The first-order valence-electron chi connectivity index (χ1n) is 4.00. The average Bonchev–Trinajstić information content (AvgIpc) is 2.06. The van der Waals surface area contributed by atoms with Crippen molar-refractivity contribution in [2.75, 3.05) is 31.2 Å². The van der Waals surface area contributed by atoms with Crippen molar-refractivity contribution in [2.24, 2.45) is 0 Å². The highest BCUT2D eigenvalue weighted by Gasteiger charge is 2.14. The van der Waals surface area contributed by atoms with Gasteiger partial charge in [-0.25, -0.2) is 0 Å². The molecule has 0 aromatic heterocycles. The van der Waals surface area contributed by atoms with E-state index in [0.29, 0.717) is 5.75 Å². The number of morpholine rings is 1. The first-order chi connectivity index (χ1) is 5.33. The number of rotatable bonds is 3. The zero-order chi connectivity index (χ0) is 8.10. The fourth-order valence-electron chi connectivity index (χ4n) is 1.05. The third-order valence-electron chi connectivity index (χ3n) is 1.70. The Kier molecular flexibility index (Phi) is 4.04. The van der Waals surface area contributed by atoms with Crippen LogP contribution in [0.15, 0.2) is 0 Å². The third-order valence-corrected chi connectivity index (χ3v) is 3.09. The molecule has 1 fully saturated rings. The summed E-state index contributed by atoms with van der Waals surface area (Å²) in [7, 11) is -0.690. The van der Waals surface area contributed by atoms with Crippen LogP contribution in [0.3, 0.4) is 0 Å². The Labute approximate surface area is 70.0 Å². The average molecular weight is 177 g/mol. The summed E-state index contributed by atoms with van der Waals surface area (Å²) in [6, 6.07) is 0. The summed E-state index contributed by atoms with van der Waals surface area (Å²) >= 11 is 0. The van der Waals surface area contributed by atoms with Gasteiger partial charge in [-0.15, -0.1) is 0 Å². The topological polar surface area (TPSA) is 38.3 Å². The minimum Gasteiger partial charge on any atom is -0.375 e. The van der Waals surface area contributed by atoms with Gasteiger partial charge < -0.3 is 10.1 Å². The lowest BCUT2D eigenvalue weighted by Crippen LogP contribution is -2.41. The highest BCUT2D eigenvalue weighted by atomic mass is 32.2. The van der Waals surface area contributed by atoms with Gasteiger partial charge in [0.25, 0.3) is 0 Å². The van der Waals surface area contributed by atoms with Crippen LogP contribution < -0.4 is 5.32 Å². The summed E-state index contributed by atoms with van der Waals surface area (Å²) < 4.78 is 16.5. The molecule has 4 heteroatoms. The number of hydrogen-bond acceptors (Lipinski definition) is 3. The third kappa shape index (κ3) is 3.31. The quantitative estimate of drug-likeness (QED) is 0.645. The van der Waals surface area contributed by atoms with E-state index in [1.165, 1.54) is 0 Å². The normalized spacial score (nSPS) is 28.3. The highest BCUT2D eigenvalue weighted by Crippen LogP contribution is 1.98. The summed E-state index contributed by atoms with van der Waals surface area (Å²) in [4.78, 5) is 0. The number of ether oxygens (including phenoxy) is 1. The van der Waals surface area contributed by atoms with E-state index in [0.717, 1.165) is 25.4 Å². The molecule has 1 aliphatic heterocycles. The molecule has 0 aliphatic carbocycles. The van der Waals surface area contributed by atoms with Gasteiger partial charge in [-0.3, -0.25) is 4.21 Å². The molecule has 1 saturated heterocycles. The van der Waals surface area contributed by atoms with Crippen molar-refractivity contribution in [2.45, 2.75) is 13.0 Å². The molecule has 0 saturated carbocycles. The number of nitrogens with one attached hydrogen (secondary N) is 1. The van der Waals surface area contributed by atoms with Gasteiger partial charge in [0.2, 0.25) is 0 Å². The number of hydrogen-bond donors (Lipinski definition) is 1. The molecule has 2 atom stereocenters. The van der Waals surface area contributed by atoms with E-state index in [9.17, 15) is 4.21 Å². The van der Waals surface area contributed by atoms with Crippen molar-refractivity contribution in [3.63, 3.8) is 0 Å². The summed E-state index contributed by atoms with van der Waals surface area (Å²) in [5.41, 5.74) is 0. The Morgan fingerprint density at radius 2 is 2.55 bits per heavy atom. The second kappa shape index (κ2) is 4.85. The Bertz CT molecular complexity index is 134. The first-order valence-corrected chi connectivity index (χ1v) is 5.49. The van der Waals surface area contributed by atoms with E-state index >= 15 is 0 Å². The summed E-state index contributed by atoms with van der Waals surface area (Å²) in [6.45, 7) is 4.47. The Balaban J connectivity index is 2.19. The molecule has 0 amide bonds.